The zero-order valence-electron chi connectivity index (χ0n) is 13.7. The summed E-state index contributed by atoms with van der Waals surface area (Å²) in [6.07, 6.45) is 6.68. The summed E-state index contributed by atoms with van der Waals surface area (Å²) >= 11 is 0. The number of carbonyl (C=O) groups excluding carboxylic acids is 2. The first kappa shape index (κ1) is 14.9. The summed E-state index contributed by atoms with van der Waals surface area (Å²) < 4.78 is 5.41. The van der Waals surface area contributed by atoms with Crippen molar-refractivity contribution in [3.63, 3.8) is 0 Å². The maximum Gasteiger partial charge on any atom is 0.229 e. The molecule has 0 atom stereocenters. The Morgan fingerprint density at radius 3 is 2.00 bits per heavy atom. The third-order valence-corrected chi connectivity index (χ3v) is 6.15. The van der Waals surface area contributed by atoms with Crippen molar-refractivity contribution in [1.82, 2.24) is 0 Å². The van der Waals surface area contributed by atoms with Crippen molar-refractivity contribution in [2.24, 2.45) is 23.2 Å². The Morgan fingerprint density at radius 2 is 1.52 bits per heavy atom. The smallest absolute Gasteiger partial charge is 0.229 e. The highest BCUT2D eigenvalue weighted by Gasteiger charge is 2.55. The average molecular weight is 312 g/mol. The van der Waals surface area contributed by atoms with Gasteiger partial charge in [-0.05, 0) is 87.5 Å². The third-order valence-electron chi connectivity index (χ3n) is 6.15. The molecule has 4 fully saturated rings. The van der Waals surface area contributed by atoms with Crippen LogP contribution in [0.2, 0.25) is 0 Å². The number of benzene rings is 1. The van der Waals surface area contributed by atoms with Gasteiger partial charge in [-0.1, -0.05) is 0 Å². The summed E-state index contributed by atoms with van der Waals surface area (Å²) in [5.74, 6) is 2.36. The topological polar surface area (TPSA) is 43.4 Å². The number of rotatable bonds is 5. The fourth-order valence-corrected chi connectivity index (χ4v) is 5.63. The summed E-state index contributed by atoms with van der Waals surface area (Å²) in [4.78, 5) is 25.8. The lowest BCUT2D eigenvalue weighted by molar-refractivity contribution is -0.138. The quantitative estimate of drug-likeness (QED) is 0.608. The number of ketones is 2. The molecular weight excluding hydrogens is 288 g/mol. The van der Waals surface area contributed by atoms with Crippen molar-refractivity contribution in [2.75, 3.05) is 6.61 Å². The normalized spacial score (nSPS) is 34.4. The van der Waals surface area contributed by atoms with Crippen LogP contribution in [0.25, 0.3) is 0 Å². The second kappa shape index (κ2) is 5.47. The highest BCUT2D eigenvalue weighted by molar-refractivity contribution is 6.45. The van der Waals surface area contributed by atoms with Gasteiger partial charge in [-0.2, -0.15) is 0 Å². The van der Waals surface area contributed by atoms with Crippen LogP contribution in [-0.2, 0) is 4.79 Å². The molecule has 4 aliphatic rings. The van der Waals surface area contributed by atoms with E-state index in [1.807, 2.05) is 6.92 Å². The molecule has 0 aliphatic heterocycles. The van der Waals surface area contributed by atoms with Crippen LogP contribution in [0.3, 0.4) is 0 Å². The van der Waals surface area contributed by atoms with Gasteiger partial charge in [0.2, 0.25) is 11.6 Å². The maximum atomic E-state index is 13.0. The van der Waals surface area contributed by atoms with Crippen molar-refractivity contribution in [2.45, 2.75) is 45.4 Å². The van der Waals surface area contributed by atoms with Gasteiger partial charge in [-0.3, -0.25) is 9.59 Å². The molecule has 0 spiro atoms. The van der Waals surface area contributed by atoms with Gasteiger partial charge in [0.05, 0.1) is 6.61 Å². The van der Waals surface area contributed by atoms with E-state index in [-0.39, 0.29) is 17.0 Å². The largest absolute Gasteiger partial charge is 0.494 e. The molecule has 4 aliphatic carbocycles. The van der Waals surface area contributed by atoms with Crippen molar-refractivity contribution in [1.29, 1.82) is 0 Å². The van der Waals surface area contributed by atoms with Crippen molar-refractivity contribution in [3.8, 4) is 5.75 Å². The molecule has 1 aromatic carbocycles. The van der Waals surface area contributed by atoms with E-state index in [0.29, 0.717) is 29.9 Å². The van der Waals surface area contributed by atoms with E-state index < -0.39 is 0 Å². The minimum atomic E-state index is -0.343. The second-order valence-corrected chi connectivity index (χ2v) is 7.81. The SMILES string of the molecule is CCOc1ccc(C(=O)C(=O)C23CC4CC(CC(C4)C2)C3)cc1. The molecule has 0 heterocycles. The molecule has 122 valence electrons. The monoisotopic (exact) mass is 312 g/mol. The summed E-state index contributed by atoms with van der Waals surface area (Å²) in [6.45, 7) is 2.52. The van der Waals surface area contributed by atoms with Crippen LogP contribution in [0.1, 0.15) is 55.8 Å². The highest BCUT2D eigenvalue weighted by Crippen LogP contribution is 2.60. The zero-order valence-corrected chi connectivity index (χ0v) is 13.7. The van der Waals surface area contributed by atoms with Crippen LogP contribution >= 0.6 is 0 Å². The van der Waals surface area contributed by atoms with Gasteiger partial charge in [0.25, 0.3) is 0 Å². The van der Waals surface area contributed by atoms with Gasteiger partial charge in [-0.25, -0.2) is 0 Å². The van der Waals surface area contributed by atoms with E-state index in [9.17, 15) is 9.59 Å². The van der Waals surface area contributed by atoms with E-state index in [4.69, 9.17) is 4.74 Å². The fourth-order valence-electron chi connectivity index (χ4n) is 5.63. The van der Waals surface area contributed by atoms with Crippen molar-refractivity contribution >= 4 is 11.6 Å². The molecule has 0 N–H and O–H groups in total. The fraction of sp³-hybridized carbons (Fsp3) is 0.600. The summed E-state index contributed by atoms with van der Waals surface area (Å²) in [5, 5.41) is 0. The molecule has 0 saturated heterocycles. The van der Waals surface area contributed by atoms with Crippen LogP contribution in [0.4, 0.5) is 0 Å². The van der Waals surface area contributed by atoms with Gasteiger partial charge in [-0.15, -0.1) is 0 Å². The van der Waals surface area contributed by atoms with Gasteiger partial charge >= 0.3 is 0 Å². The molecule has 5 rings (SSSR count). The van der Waals surface area contributed by atoms with E-state index >= 15 is 0 Å². The lowest BCUT2D eigenvalue weighted by atomic mass is 9.48. The summed E-state index contributed by atoms with van der Waals surface area (Å²) in [5.41, 5.74) is 0.166. The lowest BCUT2D eigenvalue weighted by Gasteiger charge is -2.55. The van der Waals surface area contributed by atoms with Crippen LogP contribution in [0.15, 0.2) is 24.3 Å². The number of hydrogen-bond donors (Lipinski definition) is 0. The molecule has 0 amide bonds. The molecule has 3 nitrogen and oxygen atoms in total. The Balaban J connectivity index is 1.55. The van der Waals surface area contributed by atoms with Crippen LogP contribution in [-0.4, -0.2) is 18.2 Å². The molecule has 3 heteroatoms. The van der Waals surface area contributed by atoms with Gasteiger partial charge in [0.15, 0.2) is 0 Å². The summed E-state index contributed by atoms with van der Waals surface area (Å²) in [6, 6.07) is 7.02. The zero-order chi connectivity index (χ0) is 16.0. The third kappa shape index (κ3) is 2.50. The lowest BCUT2D eigenvalue weighted by Crippen LogP contribution is -2.51. The number of hydrogen-bond acceptors (Lipinski definition) is 3. The van der Waals surface area contributed by atoms with E-state index in [0.717, 1.165) is 25.0 Å². The molecular formula is C20H24O3. The van der Waals surface area contributed by atoms with Crippen LogP contribution < -0.4 is 4.74 Å². The molecule has 4 saturated carbocycles. The minimum Gasteiger partial charge on any atom is -0.494 e. The van der Waals surface area contributed by atoms with E-state index in [1.165, 1.54) is 19.3 Å². The minimum absolute atomic E-state index is 0.124. The first-order valence-corrected chi connectivity index (χ1v) is 8.91. The van der Waals surface area contributed by atoms with E-state index in [2.05, 4.69) is 0 Å². The molecule has 0 unspecified atom stereocenters. The Hall–Kier alpha value is -1.64. The van der Waals surface area contributed by atoms with Crippen molar-refractivity contribution in [3.05, 3.63) is 29.8 Å². The molecule has 0 aromatic heterocycles. The Kier molecular flexibility index (Phi) is 3.55. The Bertz CT molecular complexity index is 594. The molecule has 0 radical (unpaired) electrons. The first-order chi connectivity index (χ1) is 11.1. The van der Waals surface area contributed by atoms with Gasteiger partial charge in [0.1, 0.15) is 5.75 Å². The molecule has 23 heavy (non-hydrogen) atoms. The Morgan fingerprint density at radius 1 is 1.00 bits per heavy atom. The van der Waals surface area contributed by atoms with Crippen LogP contribution in [0.5, 0.6) is 5.75 Å². The Labute approximate surface area is 137 Å². The standard InChI is InChI=1S/C20H24O3/c1-2-23-17-5-3-16(4-6-17)18(21)19(22)20-10-13-7-14(11-20)9-15(8-13)12-20/h3-6,13-15H,2,7-12H2,1H3. The summed E-state index contributed by atoms with van der Waals surface area (Å²) in [7, 11) is 0. The molecule has 4 bridgehead atoms. The highest BCUT2D eigenvalue weighted by atomic mass is 16.5. The van der Waals surface area contributed by atoms with Crippen LogP contribution in [0, 0.1) is 23.2 Å². The number of Topliss-reactive ketones (excluding diaryl/α,β-unsaturated/α-hetero) is 2. The maximum absolute atomic E-state index is 13.0. The van der Waals surface area contributed by atoms with Crippen molar-refractivity contribution < 1.29 is 14.3 Å². The first-order valence-electron chi connectivity index (χ1n) is 8.91. The molecule has 1 aromatic rings. The van der Waals surface area contributed by atoms with Gasteiger partial charge in [0, 0.05) is 11.0 Å². The predicted octanol–water partition coefficient (Wildman–Crippen LogP) is 4.05. The average Bonchev–Trinajstić information content (AvgIpc) is 2.53. The second-order valence-electron chi connectivity index (χ2n) is 7.81. The van der Waals surface area contributed by atoms with E-state index in [1.54, 1.807) is 24.3 Å². The number of carbonyl (C=O) groups is 2. The number of ether oxygens (including phenoxy) is 1. The predicted molar refractivity (Wildman–Crippen MR) is 87.6 cm³/mol. The van der Waals surface area contributed by atoms with Gasteiger partial charge < -0.3 is 4.74 Å².